The predicted octanol–water partition coefficient (Wildman–Crippen LogP) is 2.31. The van der Waals surface area contributed by atoms with Gasteiger partial charge < -0.3 is 4.74 Å². The van der Waals surface area contributed by atoms with Gasteiger partial charge in [0.05, 0.1) is 0 Å². The molecule has 1 aromatic rings. The van der Waals surface area contributed by atoms with Gasteiger partial charge in [0.25, 0.3) is 0 Å². The van der Waals surface area contributed by atoms with E-state index in [1.165, 1.54) is 0 Å². The molecule has 0 aromatic heterocycles. The third kappa shape index (κ3) is 3.11. The number of ether oxygens (including phenoxy) is 1. The first kappa shape index (κ1) is 5.97. The Morgan fingerprint density at radius 2 is 2.23 bits per heavy atom. The molecule has 0 unspecified atom stereocenters. The second kappa shape index (κ2) is 4.45. The van der Waals surface area contributed by atoms with E-state index in [1.54, 1.807) is 12.1 Å². The summed E-state index contributed by atoms with van der Waals surface area (Å²) in [6.45, 7) is 0.759. The van der Waals surface area contributed by atoms with Crippen molar-refractivity contribution in [1.82, 2.24) is 0 Å². The number of esters is 1. The molecule has 0 N–H and O–H groups in total. The number of rotatable bonds is 3. The molecule has 0 fully saturated rings. The van der Waals surface area contributed by atoms with Crippen molar-refractivity contribution in [2.45, 2.75) is 13.5 Å². The Hall–Kier alpha value is -1.57. The summed E-state index contributed by atoms with van der Waals surface area (Å²) in [5, 5.41) is 0. The zero-order chi connectivity index (χ0) is 12.2. The molecule has 0 bridgehead atoms. The van der Waals surface area contributed by atoms with Crippen molar-refractivity contribution in [2.75, 3.05) is 0 Å². The SMILES string of the molecule is [2H][13C]([2H])([2H])C(=C)C(=O)OCc1ccccc1. The summed E-state index contributed by atoms with van der Waals surface area (Å²) in [6.07, 6.45) is 0. The van der Waals surface area contributed by atoms with E-state index < -0.39 is 18.4 Å². The van der Waals surface area contributed by atoms with Crippen molar-refractivity contribution in [3.63, 3.8) is 0 Å². The molecule has 2 heteroatoms. The first-order valence-electron chi connectivity index (χ1n) is 5.31. The van der Waals surface area contributed by atoms with Gasteiger partial charge in [-0.2, -0.15) is 0 Å². The molecule has 0 aliphatic rings. The molecule has 0 spiro atoms. The van der Waals surface area contributed by atoms with Crippen LogP contribution in [0.3, 0.4) is 0 Å². The third-order valence-corrected chi connectivity index (χ3v) is 1.46. The summed E-state index contributed by atoms with van der Waals surface area (Å²) in [5.41, 5.74) is 0.303. The van der Waals surface area contributed by atoms with Crippen LogP contribution in [0.25, 0.3) is 0 Å². The molecule has 0 amide bonds. The summed E-state index contributed by atoms with van der Waals surface area (Å²) in [6, 6.07) is 9.02. The summed E-state index contributed by atoms with van der Waals surface area (Å²) in [4.78, 5) is 11.3. The lowest BCUT2D eigenvalue weighted by atomic mass is 10.2. The van der Waals surface area contributed by atoms with Crippen LogP contribution >= 0.6 is 0 Å². The van der Waals surface area contributed by atoms with Gasteiger partial charge in [0, 0.05) is 9.69 Å². The van der Waals surface area contributed by atoms with Crippen LogP contribution in [0.4, 0.5) is 0 Å². The zero-order valence-electron chi connectivity index (χ0n) is 10.1. The van der Waals surface area contributed by atoms with Gasteiger partial charge in [-0.15, -0.1) is 0 Å². The molecule has 0 aliphatic heterocycles. The lowest BCUT2D eigenvalue weighted by Gasteiger charge is -2.03. The second-order valence-electron chi connectivity index (χ2n) is 2.54. The molecular formula is C11H12O2. The predicted molar refractivity (Wildman–Crippen MR) is 51.1 cm³/mol. The number of carbonyl (C=O) groups is 1. The largest absolute Gasteiger partial charge is 0.457 e. The summed E-state index contributed by atoms with van der Waals surface area (Å²) >= 11 is 0. The van der Waals surface area contributed by atoms with E-state index in [0.29, 0.717) is 0 Å². The average Bonchev–Trinajstić information content (AvgIpc) is 2.25. The van der Waals surface area contributed by atoms with Crippen molar-refractivity contribution in [2.24, 2.45) is 0 Å². The second-order valence-corrected chi connectivity index (χ2v) is 2.54. The Morgan fingerprint density at radius 3 is 2.85 bits per heavy atom. The van der Waals surface area contributed by atoms with Crippen molar-refractivity contribution in [1.29, 1.82) is 0 Å². The van der Waals surface area contributed by atoms with E-state index in [4.69, 9.17) is 8.85 Å². The van der Waals surface area contributed by atoms with Crippen molar-refractivity contribution in [3.05, 3.63) is 48.0 Å². The van der Waals surface area contributed by atoms with E-state index in [0.717, 1.165) is 5.56 Å². The van der Waals surface area contributed by atoms with Gasteiger partial charge in [-0.25, -0.2) is 4.79 Å². The fourth-order valence-corrected chi connectivity index (χ4v) is 0.810. The van der Waals surface area contributed by atoms with Gasteiger partial charge in [-0.1, -0.05) is 36.9 Å². The van der Waals surface area contributed by atoms with Crippen LogP contribution < -0.4 is 0 Å². The van der Waals surface area contributed by atoms with Crippen molar-refractivity contribution in [3.8, 4) is 0 Å². The standard InChI is InChI=1S/C11H12O2/c1-9(2)11(12)13-8-10-6-4-3-5-7-10/h3-7H,1,8H2,2H3/i2+1D3. The molecule has 0 aliphatic carbocycles. The van der Waals surface area contributed by atoms with Crippen LogP contribution in [0, 0.1) is 0 Å². The van der Waals surface area contributed by atoms with Gasteiger partial charge in [-0.3, -0.25) is 0 Å². The number of hydrogen-bond donors (Lipinski definition) is 0. The van der Waals surface area contributed by atoms with Crippen molar-refractivity contribution < 1.29 is 13.6 Å². The molecular weight excluding hydrogens is 165 g/mol. The highest BCUT2D eigenvalue weighted by Gasteiger charge is 2.02. The van der Waals surface area contributed by atoms with E-state index in [2.05, 4.69) is 6.58 Å². The van der Waals surface area contributed by atoms with Crippen LogP contribution in [-0.4, -0.2) is 5.97 Å². The Morgan fingerprint density at radius 1 is 1.54 bits per heavy atom. The monoisotopic (exact) mass is 180 g/mol. The van der Waals surface area contributed by atoms with Gasteiger partial charge in [0.2, 0.25) is 0 Å². The third-order valence-electron chi connectivity index (χ3n) is 1.46. The van der Waals surface area contributed by atoms with Gasteiger partial charge in [0.1, 0.15) is 6.61 Å². The molecule has 0 heterocycles. The maximum atomic E-state index is 11.3. The molecule has 2 nitrogen and oxygen atoms in total. The first-order chi connectivity index (χ1) is 7.41. The molecule has 0 saturated heterocycles. The van der Waals surface area contributed by atoms with E-state index >= 15 is 0 Å². The summed E-state index contributed by atoms with van der Waals surface area (Å²) < 4.78 is 25.8. The fourth-order valence-electron chi connectivity index (χ4n) is 0.810. The Balaban J connectivity index is 2.51. The molecule has 0 atom stereocenters. The minimum Gasteiger partial charge on any atom is -0.457 e. The number of benzene rings is 1. The van der Waals surface area contributed by atoms with Crippen molar-refractivity contribution >= 4 is 5.97 Å². The Kier molecular flexibility index (Phi) is 2.05. The fraction of sp³-hybridized carbons (Fsp3) is 0.182. The van der Waals surface area contributed by atoms with Crippen LogP contribution in [0.5, 0.6) is 0 Å². The zero-order valence-corrected chi connectivity index (χ0v) is 7.12. The molecule has 13 heavy (non-hydrogen) atoms. The van der Waals surface area contributed by atoms with Crippen LogP contribution in [0.2, 0.25) is 0 Å². The molecule has 0 radical (unpaired) electrons. The van der Waals surface area contributed by atoms with E-state index in [1.807, 2.05) is 18.2 Å². The number of hydrogen-bond acceptors (Lipinski definition) is 2. The van der Waals surface area contributed by atoms with Gasteiger partial charge in [0.15, 0.2) is 0 Å². The number of carbonyl (C=O) groups excluding carboxylic acids is 1. The lowest BCUT2D eigenvalue weighted by Crippen LogP contribution is -2.04. The minimum absolute atomic E-state index is 0.0504. The quantitative estimate of drug-likeness (QED) is 0.405. The smallest absolute Gasteiger partial charge is 0.333 e. The highest BCUT2D eigenvalue weighted by atomic mass is 16.5. The summed E-state index contributed by atoms with van der Waals surface area (Å²) in [5.74, 6) is -0.885. The van der Waals surface area contributed by atoms with Gasteiger partial charge in [-0.05, 0) is 12.4 Å². The molecule has 1 rings (SSSR count). The highest BCUT2D eigenvalue weighted by Crippen LogP contribution is 2.02. The first-order valence-corrected chi connectivity index (χ1v) is 3.81. The molecule has 1 aromatic carbocycles. The van der Waals surface area contributed by atoms with Gasteiger partial charge >= 0.3 is 5.97 Å². The minimum atomic E-state index is -2.49. The maximum absolute atomic E-state index is 11.3. The molecule has 68 valence electrons. The van der Waals surface area contributed by atoms with Crippen LogP contribution in [-0.2, 0) is 16.1 Å². The Bertz CT molecular complexity index is 382. The highest BCUT2D eigenvalue weighted by molar-refractivity contribution is 5.86. The lowest BCUT2D eigenvalue weighted by molar-refractivity contribution is -0.140. The molecule has 0 saturated carbocycles. The average molecular weight is 180 g/mol. The normalized spacial score (nSPS) is 13.7. The Labute approximate surface area is 82.1 Å². The van der Waals surface area contributed by atoms with Crippen LogP contribution in [0.1, 0.15) is 16.5 Å². The van der Waals surface area contributed by atoms with E-state index in [9.17, 15) is 4.79 Å². The summed E-state index contributed by atoms with van der Waals surface area (Å²) in [7, 11) is 0. The van der Waals surface area contributed by atoms with E-state index in [-0.39, 0.29) is 6.61 Å². The maximum Gasteiger partial charge on any atom is 0.333 e. The van der Waals surface area contributed by atoms with Crippen LogP contribution in [0.15, 0.2) is 42.5 Å². The topological polar surface area (TPSA) is 26.3 Å².